The molecule has 0 aliphatic rings. The summed E-state index contributed by atoms with van der Waals surface area (Å²) in [5.41, 5.74) is 0.955. The van der Waals surface area contributed by atoms with Crippen molar-refractivity contribution in [3.63, 3.8) is 0 Å². The molecule has 1 atom stereocenters. The topological polar surface area (TPSA) is 37.3 Å². The van der Waals surface area contributed by atoms with Crippen LogP contribution < -0.4 is 5.30 Å². The summed E-state index contributed by atoms with van der Waals surface area (Å²) < 4.78 is 10.7. The van der Waals surface area contributed by atoms with E-state index in [-0.39, 0.29) is 0 Å². The average molecular weight is 169 g/mol. The molecule has 58 valence electrons. The Labute approximate surface area is 66.7 Å². The lowest BCUT2D eigenvalue weighted by atomic mass is 10.2. The summed E-state index contributed by atoms with van der Waals surface area (Å²) in [5.74, 6) is 0. The smallest absolute Gasteiger partial charge is 0.156 e. The van der Waals surface area contributed by atoms with Gasteiger partial charge in [-0.2, -0.15) is 4.89 Å². The van der Waals surface area contributed by atoms with Gasteiger partial charge in [0.2, 0.25) is 5.30 Å². The van der Waals surface area contributed by atoms with E-state index in [1.54, 1.807) is 12.1 Å². The molecule has 0 heterocycles. The Hall–Kier alpha value is -0.720. The number of rotatable bonds is 2. The van der Waals surface area contributed by atoms with Crippen LogP contribution in [0.25, 0.3) is 0 Å². The standard InChI is InChI=1S/C8H9O2P/c1-2-7-5-3-4-6-8(7)11(9)10/h3-6H,2H2,1H3/p+1. The van der Waals surface area contributed by atoms with Crippen molar-refractivity contribution in [3.8, 4) is 0 Å². The Kier molecular flexibility index (Phi) is 2.75. The molecule has 1 unspecified atom stereocenters. The fraction of sp³-hybridized carbons (Fsp3) is 0.250. The fourth-order valence-corrected chi connectivity index (χ4v) is 1.69. The first kappa shape index (κ1) is 8.38. The molecule has 0 spiro atoms. The summed E-state index contributed by atoms with van der Waals surface area (Å²) in [7, 11) is -2.17. The lowest BCUT2D eigenvalue weighted by Crippen LogP contribution is -2.02. The van der Waals surface area contributed by atoms with Gasteiger partial charge in [-0.1, -0.05) is 25.1 Å². The van der Waals surface area contributed by atoms with Crippen LogP contribution in [0.2, 0.25) is 0 Å². The van der Waals surface area contributed by atoms with Crippen LogP contribution in [-0.2, 0) is 11.0 Å². The summed E-state index contributed by atoms with van der Waals surface area (Å²) in [4.78, 5) is 8.84. The maximum Gasteiger partial charge on any atom is 0.546 e. The third kappa shape index (κ3) is 1.86. The largest absolute Gasteiger partial charge is 0.546 e. The molecule has 1 aromatic rings. The zero-order valence-electron chi connectivity index (χ0n) is 6.32. The van der Waals surface area contributed by atoms with E-state index >= 15 is 0 Å². The minimum absolute atomic E-state index is 0.560. The van der Waals surface area contributed by atoms with Crippen LogP contribution in [-0.4, -0.2) is 4.89 Å². The van der Waals surface area contributed by atoms with E-state index in [1.165, 1.54) is 0 Å². The van der Waals surface area contributed by atoms with Gasteiger partial charge in [-0.15, -0.1) is 0 Å². The first-order valence-electron chi connectivity index (χ1n) is 3.49. The van der Waals surface area contributed by atoms with Gasteiger partial charge < -0.3 is 0 Å². The Balaban J connectivity index is 3.12. The first-order chi connectivity index (χ1) is 5.25. The molecule has 0 radical (unpaired) electrons. The molecule has 11 heavy (non-hydrogen) atoms. The molecule has 0 fully saturated rings. The van der Waals surface area contributed by atoms with Gasteiger partial charge in [-0.25, -0.2) is 0 Å². The zero-order chi connectivity index (χ0) is 8.27. The predicted molar refractivity (Wildman–Crippen MR) is 45.3 cm³/mol. The molecule has 3 heteroatoms. The summed E-state index contributed by atoms with van der Waals surface area (Å²) >= 11 is 0. The highest BCUT2D eigenvalue weighted by molar-refractivity contribution is 7.47. The molecular weight excluding hydrogens is 159 g/mol. The van der Waals surface area contributed by atoms with E-state index in [4.69, 9.17) is 4.89 Å². The third-order valence-corrected chi connectivity index (χ3v) is 2.43. The molecule has 2 nitrogen and oxygen atoms in total. The quantitative estimate of drug-likeness (QED) is 0.683. The molecule has 0 aliphatic heterocycles. The Morgan fingerprint density at radius 3 is 2.55 bits per heavy atom. The fourth-order valence-electron chi connectivity index (χ4n) is 0.996. The van der Waals surface area contributed by atoms with E-state index in [1.807, 2.05) is 19.1 Å². The minimum Gasteiger partial charge on any atom is -0.156 e. The Morgan fingerprint density at radius 2 is 2.09 bits per heavy atom. The highest BCUT2D eigenvalue weighted by Crippen LogP contribution is 2.15. The van der Waals surface area contributed by atoms with Crippen molar-refractivity contribution in [1.82, 2.24) is 0 Å². The molecule has 0 saturated carbocycles. The van der Waals surface area contributed by atoms with E-state index in [2.05, 4.69) is 0 Å². The maximum atomic E-state index is 10.7. The van der Waals surface area contributed by atoms with Gasteiger partial charge in [0.25, 0.3) is 0 Å². The van der Waals surface area contributed by atoms with Crippen LogP contribution in [0.5, 0.6) is 0 Å². The number of hydrogen-bond donors (Lipinski definition) is 1. The van der Waals surface area contributed by atoms with E-state index in [9.17, 15) is 4.57 Å². The number of aryl methyl sites for hydroxylation is 1. The summed E-state index contributed by atoms with van der Waals surface area (Å²) in [6.07, 6.45) is 0.803. The van der Waals surface area contributed by atoms with Crippen molar-refractivity contribution in [2.75, 3.05) is 0 Å². The summed E-state index contributed by atoms with van der Waals surface area (Å²) in [5, 5.41) is 0.560. The maximum absolute atomic E-state index is 10.7. The van der Waals surface area contributed by atoms with Crippen molar-refractivity contribution in [2.24, 2.45) is 0 Å². The van der Waals surface area contributed by atoms with Crippen LogP contribution in [0.3, 0.4) is 0 Å². The molecule has 0 saturated heterocycles. The van der Waals surface area contributed by atoms with Gasteiger partial charge in [-0.05, 0) is 17.1 Å². The molecule has 1 aromatic carbocycles. The van der Waals surface area contributed by atoms with Crippen molar-refractivity contribution >= 4 is 13.3 Å². The predicted octanol–water partition coefficient (Wildman–Crippen LogP) is 1.61. The van der Waals surface area contributed by atoms with Crippen LogP contribution >= 0.6 is 8.03 Å². The molecule has 0 aromatic heterocycles. The highest BCUT2D eigenvalue weighted by Gasteiger charge is 2.18. The molecule has 0 amide bonds. The van der Waals surface area contributed by atoms with Crippen molar-refractivity contribution in [1.29, 1.82) is 0 Å². The SMILES string of the molecule is CCc1ccccc1[P+](=O)O. The Morgan fingerprint density at radius 1 is 1.45 bits per heavy atom. The monoisotopic (exact) mass is 169 g/mol. The third-order valence-electron chi connectivity index (χ3n) is 1.58. The van der Waals surface area contributed by atoms with Crippen molar-refractivity contribution in [3.05, 3.63) is 29.8 Å². The van der Waals surface area contributed by atoms with Crippen molar-refractivity contribution in [2.45, 2.75) is 13.3 Å². The van der Waals surface area contributed by atoms with E-state index in [0.29, 0.717) is 5.30 Å². The van der Waals surface area contributed by atoms with E-state index < -0.39 is 8.03 Å². The molecule has 1 N–H and O–H groups in total. The normalized spacial score (nSPS) is 11.3. The van der Waals surface area contributed by atoms with Gasteiger partial charge in [0, 0.05) is 5.56 Å². The summed E-state index contributed by atoms with van der Waals surface area (Å²) in [6, 6.07) is 7.22. The zero-order valence-corrected chi connectivity index (χ0v) is 7.21. The second-order valence-electron chi connectivity index (χ2n) is 2.26. The molecule has 0 aliphatic carbocycles. The number of benzene rings is 1. The van der Waals surface area contributed by atoms with Crippen LogP contribution in [0.1, 0.15) is 12.5 Å². The van der Waals surface area contributed by atoms with Gasteiger partial charge in [0.1, 0.15) is 0 Å². The average Bonchev–Trinajstić information content (AvgIpc) is 2.04. The van der Waals surface area contributed by atoms with Gasteiger partial charge in [0.05, 0.1) is 0 Å². The molecular formula is C8H10O2P+. The lowest BCUT2D eigenvalue weighted by molar-refractivity contribution is 0.513. The van der Waals surface area contributed by atoms with Crippen LogP contribution in [0.4, 0.5) is 0 Å². The number of hydrogen-bond acceptors (Lipinski definition) is 1. The van der Waals surface area contributed by atoms with Crippen molar-refractivity contribution < 1.29 is 9.46 Å². The van der Waals surface area contributed by atoms with Crippen LogP contribution in [0, 0.1) is 0 Å². The first-order valence-corrected chi connectivity index (χ1v) is 4.71. The second-order valence-corrected chi connectivity index (χ2v) is 3.28. The van der Waals surface area contributed by atoms with Gasteiger partial charge in [0.15, 0.2) is 0 Å². The molecule has 0 bridgehead atoms. The van der Waals surface area contributed by atoms with Crippen LogP contribution in [0.15, 0.2) is 24.3 Å². The lowest BCUT2D eigenvalue weighted by Gasteiger charge is -1.92. The van der Waals surface area contributed by atoms with E-state index in [0.717, 1.165) is 12.0 Å². The molecule has 1 rings (SSSR count). The summed E-state index contributed by atoms with van der Waals surface area (Å²) in [6.45, 7) is 1.97. The minimum atomic E-state index is -2.17. The van der Waals surface area contributed by atoms with Gasteiger partial charge >= 0.3 is 8.03 Å². The second kappa shape index (κ2) is 3.61. The van der Waals surface area contributed by atoms with Gasteiger partial charge in [-0.3, -0.25) is 0 Å². The highest BCUT2D eigenvalue weighted by atomic mass is 31.1. The Bertz CT molecular complexity index is 271.